The van der Waals surface area contributed by atoms with Gasteiger partial charge in [-0.1, -0.05) is 0 Å². The minimum absolute atomic E-state index is 0. The summed E-state index contributed by atoms with van der Waals surface area (Å²) in [5, 5.41) is 0. The van der Waals surface area contributed by atoms with Crippen LogP contribution in [0.4, 0.5) is 0 Å². The van der Waals surface area contributed by atoms with Gasteiger partial charge in [0.15, 0.2) is 0 Å². The van der Waals surface area contributed by atoms with Crippen LogP contribution in [0.1, 0.15) is 0 Å². The molecule has 0 aromatic rings. The van der Waals surface area contributed by atoms with Crippen molar-refractivity contribution in [2.24, 2.45) is 0 Å². The van der Waals surface area contributed by atoms with Crippen molar-refractivity contribution in [3.63, 3.8) is 0 Å². The normalized spacial score (nSPS) is 8.29. The van der Waals surface area contributed by atoms with Crippen LogP contribution in [0.15, 0.2) is 0 Å². The summed E-state index contributed by atoms with van der Waals surface area (Å²) in [6, 6.07) is 0. The van der Waals surface area contributed by atoms with Gasteiger partial charge in [0.1, 0.15) is 0 Å². The molecule has 0 aliphatic rings. The van der Waals surface area contributed by atoms with Crippen molar-refractivity contribution in [2.75, 3.05) is 0 Å². The van der Waals surface area contributed by atoms with E-state index >= 15 is 0 Å². The van der Waals surface area contributed by atoms with Crippen LogP contribution in [0.3, 0.4) is 0 Å². The van der Waals surface area contributed by atoms with E-state index in [9.17, 15) is 0 Å². The molecule has 0 spiro atoms. The van der Waals surface area contributed by atoms with E-state index in [0.29, 0.717) is 0 Å². The predicted molar refractivity (Wildman–Crippen MR) is 36.8 cm³/mol. The fourth-order valence-electron chi connectivity index (χ4n) is 0. The summed E-state index contributed by atoms with van der Waals surface area (Å²) in [7, 11) is -3.83. The second-order valence-electron chi connectivity index (χ2n) is 0.448. The molecule has 0 amide bonds. The van der Waals surface area contributed by atoms with Gasteiger partial charge in [-0.05, 0) is 0 Å². The molecular weight excluding hydrogens is 215 g/mol. The van der Waals surface area contributed by atoms with Crippen molar-refractivity contribution in [1.29, 1.82) is 0 Å². The van der Waals surface area contributed by atoms with Crippen LogP contribution in [-0.2, 0) is 20.2 Å². The van der Waals surface area contributed by atoms with E-state index in [2.05, 4.69) is 11.2 Å². The third kappa shape index (κ3) is 82.6. The summed E-state index contributed by atoms with van der Waals surface area (Å²) in [6.45, 7) is 0. The van der Waals surface area contributed by atoms with Crippen LogP contribution in [0.5, 0.6) is 0 Å². The summed E-state index contributed by atoms with van der Waals surface area (Å²) >= 11 is 3.47. The van der Waals surface area contributed by atoms with Gasteiger partial charge in [-0.15, -0.1) is 17.0 Å². The predicted octanol–water partition coefficient (Wildman–Crippen LogP) is -0.124. The maximum Gasteiger partial charge on any atom is 0.263 e. The van der Waals surface area contributed by atoms with E-state index in [-0.39, 0.29) is 46.5 Å². The van der Waals surface area contributed by atoms with Crippen molar-refractivity contribution in [3.05, 3.63) is 0 Å². The zero-order valence-corrected chi connectivity index (χ0v) is 8.87. The first kappa shape index (κ1) is 15.9. The zero-order chi connectivity index (χ0) is 4.50. The molecule has 0 unspecified atom stereocenters. The SMILES string of the molecule is Br.O=S(O)(O)=S.[Na]. The molecule has 0 heterocycles. The number of halogens is 1. The van der Waals surface area contributed by atoms with Gasteiger partial charge in [0, 0.05) is 40.7 Å². The van der Waals surface area contributed by atoms with Crippen molar-refractivity contribution in [2.45, 2.75) is 0 Å². The van der Waals surface area contributed by atoms with E-state index in [1.54, 1.807) is 0 Å². The van der Waals surface area contributed by atoms with Crippen LogP contribution in [0.25, 0.3) is 0 Å². The summed E-state index contributed by atoms with van der Waals surface area (Å²) < 4.78 is 24.0. The van der Waals surface area contributed by atoms with Crippen molar-refractivity contribution in [3.8, 4) is 0 Å². The van der Waals surface area contributed by atoms with Crippen LogP contribution in [0, 0.1) is 0 Å². The minimum Gasteiger partial charge on any atom is -0.285 e. The standard InChI is InChI=1S/BrH.Na.H2O3S2/c;;1-5(2,3)4/h1H;;(H2,1,2,3,4). The van der Waals surface area contributed by atoms with Gasteiger partial charge in [0.05, 0.1) is 0 Å². The summed E-state index contributed by atoms with van der Waals surface area (Å²) in [4.78, 5) is 0. The van der Waals surface area contributed by atoms with Gasteiger partial charge in [0.25, 0.3) is 9.05 Å². The molecule has 0 bridgehead atoms. The molecule has 3 nitrogen and oxygen atoms in total. The number of hydrogen-bond donors (Lipinski definition) is 2. The Hall–Kier alpha value is 1.77. The van der Waals surface area contributed by atoms with E-state index in [4.69, 9.17) is 13.3 Å². The number of hydrogen-bond acceptors (Lipinski definition) is 2. The first-order chi connectivity index (χ1) is 2.00. The Balaban J connectivity index is -0.0000000800. The van der Waals surface area contributed by atoms with E-state index in [0.717, 1.165) is 0 Å². The quantitative estimate of drug-likeness (QED) is 0.556. The molecule has 7 heteroatoms. The van der Waals surface area contributed by atoms with Gasteiger partial charge < -0.3 is 0 Å². The molecule has 0 atom stereocenters. The number of rotatable bonds is 0. The van der Waals surface area contributed by atoms with Gasteiger partial charge >= 0.3 is 0 Å². The second-order valence-corrected chi connectivity index (χ2v) is 2.65. The first-order valence-electron chi connectivity index (χ1n) is 0.698. The van der Waals surface area contributed by atoms with Gasteiger partial charge in [-0.3, -0.25) is 9.11 Å². The van der Waals surface area contributed by atoms with Crippen molar-refractivity contribution in [1.82, 2.24) is 0 Å². The van der Waals surface area contributed by atoms with Crippen LogP contribution in [-0.4, -0.2) is 42.9 Å². The Morgan fingerprint density at radius 1 is 1.43 bits per heavy atom. The van der Waals surface area contributed by atoms with Gasteiger partial charge in [-0.2, -0.15) is 4.21 Å². The Bertz CT molecular complexity index is 96.1. The maximum absolute atomic E-state index is 9.11. The smallest absolute Gasteiger partial charge is 0.263 e. The van der Waals surface area contributed by atoms with Crippen molar-refractivity contribution < 1.29 is 13.3 Å². The Morgan fingerprint density at radius 3 is 1.43 bits per heavy atom. The minimum atomic E-state index is -3.83. The summed E-state index contributed by atoms with van der Waals surface area (Å²) in [6.07, 6.45) is 0. The van der Waals surface area contributed by atoms with Gasteiger partial charge in [-0.25, -0.2) is 0 Å². The molecule has 0 saturated heterocycles. The third-order valence-corrected chi connectivity index (χ3v) is 0. The molecule has 7 heavy (non-hydrogen) atoms. The first-order valence-corrected chi connectivity index (χ1v) is 3.10. The molecular formula is H3BrNaO3S2. The molecule has 2 N–H and O–H groups in total. The van der Waals surface area contributed by atoms with Crippen molar-refractivity contribution >= 4 is 66.8 Å². The van der Waals surface area contributed by atoms with E-state index in [1.165, 1.54) is 0 Å². The molecule has 41 valence electrons. The molecule has 0 aromatic heterocycles. The maximum atomic E-state index is 9.11. The topological polar surface area (TPSA) is 57.5 Å². The largest absolute Gasteiger partial charge is 0.285 e. The Morgan fingerprint density at radius 2 is 1.43 bits per heavy atom. The molecule has 0 aliphatic carbocycles. The van der Waals surface area contributed by atoms with Crippen LogP contribution in [0.2, 0.25) is 0 Å². The van der Waals surface area contributed by atoms with Gasteiger partial charge in [0.2, 0.25) is 0 Å². The van der Waals surface area contributed by atoms with E-state index in [1.807, 2.05) is 0 Å². The van der Waals surface area contributed by atoms with E-state index < -0.39 is 9.05 Å². The zero-order valence-electron chi connectivity index (χ0n) is 3.53. The average molecular weight is 218 g/mol. The van der Waals surface area contributed by atoms with Crippen LogP contribution >= 0.6 is 17.0 Å². The molecule has 0 saturated carbocycles. The Kier molecular flexibility index (Phi) is 13.4. The Labute approximate surface area is 79.3 Å². The molecule has 0 fully saturated rings. The molecule has 0 rings (SSSR count). The molecule has 0 aliphatic heterocycles. The fourth-order valence-corrected chi connectivity index (χ4v) is 0. The second kappa shape index (κ2) is 5.90. The monoisotopic (exact) mass is 217 g/mol. The fraction of sp³-hybridized carbons (Fsp3) is 0. The average Bonchev–Trinajstić information content (AvgIpc) is 0.722. The summed E-state index contributed by atoms with van der Waals surface area (Å²) in [5.41, 5.74) is 0. The molecule has 0 aromatic carbocycles. The van der Waals surface area contributed by atoms with Crippen LogP contribution < -0.4 is 0 Å². The molecule has 1 radical (unpaired) electrons. The summed E-state index contributed by atoms with van der Waals surface area (Å²) in [5.74, 6) is 0. The third-order valence-electron chi connectivity index (χ3n) is 0.